The van der Waals surface area contributed by atoms with Gasteiger partial charge in [0.15, 0.2) is 17.3 Å². The van der Waals surface area contributed by atoms with Crippen molar-refractivity contribution in [2.45, 2.75) is 12.5 Å². The SMILES string of the molecule is COc1ccc(C2(C)NC(=O)N(CC(=O)c3ccc(NC(=O)c4ccccc4)cc3)C2=O)cc1OC. The van der Waals surface area contributed by atoms with Crippen LogP contribution in [0.25, 0.3) is 0 Å². The highest BCUT2D eigenvalue weighted by atomic mass is 16.5. The Morgan fingerprint density at radius 1 is 0.889 bits per heavy atom. The van der Waals surface area contributed by atoms with Crippen LogP contribution in [0.5, 0.6) is 11.5 Å². The second-order valence-electron chi connectivity index (χ2n) is 8.34. The molecule has 4 rings (SSSR count). The van der Waals surface area contributed by atoms with Gasteiger partial charge in [-0.3, -0.25) is 19.3 Å². The number of methoxy groups -OCH3 is 2. The van der Waals surface area contributed by atoms with Gasteiger partial charge in [0.2, 0.25) is 0 Å². The zero-order valence-electron chi connectivity index (χ0n) is 20.0. The van der Waals surface area contributed by atoms with E-state index in [0.29, 0.717) is 33.9 Å². The number of ether oxygens (including phenoxy) is 2. The van der Waals surface area contributed by atoms with Gasteiger partial charge >= 0.3 is 6.03 Å². The highest BCUT2D eigenvalue weighted by Gasteiger charge is 2.49. The van der Waals surface area contributed by atoms with Gasteiger partial charge < -0.3 is 20.1 Å². The van der Waals surface area contributed by atoms with E-state index < -0.39 is 29.8 Å². The Kier molecular flexibility index (Phi) is 6.73. The molecule has 4 amide bonds. The lowest BCUT2D eigenvalue weighted by Crippen LogP contribution is -2.41. The summed E-state index contributed by atoms with van der Waals surface area (Å²) in [6, 6.07) is 19.2. The number of imide groups is 1. The van der Waals surface area contributed by atoms with Crippen LogP contribution in [0.3, 0.4) is 0 Å². The fraction of sp³-hybridized carbons (Fsp3) is 0.185. The molecule has 0 aromatic heterocycles. The predicted octanol–water partition coefficient (Wildman–Crippen LogP) is 3.61. The van der Waals surface area contributed by atoms with Crippen LogP contribution in [0.1, 0.15) is 33.2 Å². The lowest BCUT2D eigenvalue weighted by molar-refractivity contribution is -0.130. The first-order valence-electron chi connectivity index (χ1n) is 11.1. The van der Waals surface area contributed by atoms with Crippen LogP contribution in [0.15, 0.2) is 72.8 Å². The zero-order chi connectivity index (χ0) is 25.9. The highest BCUT2D eigenvalue weighted by Crippen LogP contribution is 2.35. The lowest BCUT2D eigenvalue weighted by atomic mass is 9.91. The van der Waals surface area contributed by atoms with E-state index in [1.54, 1.807) is 61.5 Å². The van der Waals surface area contributed by atoms with Crippen molar-refractivity contribution < 1.29 is 28.7 Å². The number of anilines is 1. The third kappa shape index (κ3) is 4.63. The minimum absolute atomic E-state index is 0.275. The summed E-state index contributed by atoms with van der Waals surface area (Å²) in [6.45, 7) is 1.15. The average Bonchev–Trinajstić information content (AvgIpc) is 3.12. The molecule has 1 heterocycles. The van der Waals surface area contributed by atoms with E-state index in [9.17, 15) is 19.2 Å². The number of hydrogen-bond acceptors (Lipinski definition) is 6. The molecule has 9 heteroatoms. The molecule has 9 nitrogen and oxygen atoms in total. The Hall–Kier alpha value is -4.66. The standard InChI is InChI=1S/C27H25N3O6/c1-27(19-11-14-22(35-2)23(15-19)36-3)25(33)30(26(34)29-27)16-21(31)17-9-12-20(13-10-17)28-24(32)18-7-5-4-6-8-18/h4-15H,16H2,1-3H3,(H,28,32)(H,29,34). The van der Waals surface area contributed by atoms with Crippen molar-refractivity contribution in [2.24, 2.45) is 0 Å². The summed E-state index contributed by atoms with van der Waals surface area (Å²) in [5.74, 6) is -0.358. The Bertz CT molecular complexity index is 1320. The van der Waals surface area contributed by atoms with Crippen molar-refractivity contribution in [2.75, 3.05) is 26.1 Å². The predicted molar refractivity (Wildman–Crippen MR) is 132 cm³/mol. The first kappa shape index (κ1) is 24.5. The Morgan fingerprint density at radius 3 is 2.19 bits per heavy atom. The van der Waals surface area contributed by atoms with Gasteiger partial charge in [0.1, 0.15) is 5.54 Å². The lowest BCUT2D eigenvalue weighted by Gasteiger charge is -2.23. The second-order valence-corrected chi connectivity index (χ2v) is 8.34. The summed E-state index contributed by atoms with van der Waals surface area (Å²) in [7, 11) is 2.97. The molecule has 0 aliphatic carbocycles. The zero-order valence-corrected chi connectivity index (χ0v) is 20.0. The van der Waals surface area contributed by atoms with Gasteiger partial charge in [-0.1, -0.05) is 24.3 Å². The summed E-state index contributed by atoms with van der Waals surface area (Å²) in [5, 5.41) is 5.44. The van der Waals surface area contributed by atoms with Crippen LogP contribution in [0, 0.1) is 0 Å². The summed E-state index contributed by atoms with van der Waals surface area (Å²) < 4.78 is 10.5. The fourth-order valence-electron chi connectivity index (χ4n) is 3.95. The highest BCUT2D eigenvalue weighted by molar-refractivity contribution is 6.11. The molecule has 0 radical (unpaired) electrons. The number of carbonyl (C=O) groups excluding carboxylic acids is 4. The molecule has 1 aliphatic rings. The molecular formula is C27H25N3O6. The summed E-state index contributed by atoms with van der Waals surface area (Å²) in [5.41, 5.74) is 0.438. The maximum absolute atomic E-state index is 13.2. The second kappa shape index (κ2) is 9.91. The smallest absolute Gasteiger partial charge is 0.325 e. The molecule has 2 N–H and O–H groups in total. The Labute approximate surface area is 208 Å². The van der Waals surface area contributed by atoms with Crippen molar-refractivity contribution >= 4 is 29.3 Å². The summed E-state index contributed by atoms with van der Waals surface area (Å²) in [4.78, 5) is 52.0. The molecule has 1 unspecified atom stereocenters. The minimum Gasteiger partial charge on any atom is -0.493 e. The first-order valence-corrected chi connectivity index (χ1v) is 11.1. The number of nitrogens with one attached hydrogen (secondary N) is 2. The van der Waals surface area contributed by atoms with Gasteiger partial charge in [0, 0.05) is 16.8 Å². The van der Waals surface area contributed by atoms with E-state index in [0.717, 1.165) is 4.90 Å². The third-order valence-corrected chi connectivity index (χ3v) is 6.04. The van der Waals surface area contributed by atoms with Crippen molar-refractivity contribution in [3.8, 4) is 11.5 Å². The van der Waals surface area contributed by atoms with Crippen molar-refractivity contribution in [3.05, 3.63) is 89.5 Å². The number of nitrogens with zero attached hydrogens (tertiary/aromatic N) is 1. The van der Waals surface area contributed by atoms with E-state index in [1.165, 1.54) is 26.4 Å². The Morgan fingerprint density at radius 2 is 1.56 bits per heavy atom. The molecule has 3 aromatic carbocycles. The van der Waals surface area contributed by atoms with Crippen LogP contribution in [0.4, 0.5) is 10.5 Å². The molecule has 3 aromatic rings. The van der Waals surface area contributed by atoms with E-state index in [4.69, 9.17) is 9.47 Å². The average molecular weight is 488 g/mol. The maximum Gasteiger partial charge on any atom is 0.325 e. The van der Waals surface area contributed by atoms with Crippen molar-refractivity contribution in [1.82, 2.24) is 10.2 Å². The first-order chi connectivity index (χ1) is 17.3. The number of urea groups is 1. The molecule has 1 aliphatic heterocycles. The molecule has 1 saturated heterocycles. The Balaban J connectivity index is 1.46. The molecule has 0 bridgehead atoms. The van der Waals surface area contributed by atoms with Gasteiger partial charge in [0.25, 0.3) is 11.8 Å². The van der Waals surface area contributed by atoms with Gasteiger partial charge in [-0.05, 0) is 61.0 Å². The maximum atomic E-state index is 13.2. The van der Waals surface area contributed by atoms with E-state index in [2.05, 4.69) is 10.6 Å². The van der Waals surface area contributed by atoms with Gasteiger partial charge in [0.05, 0.1) is 20.8 Å². The van der Waals surface area contributed by atoms with Crippen molar-refractivity contribution in [1.29, 1.82) is 0 Å². The van der Waals surface area contributed by atoms with E-state index in [-0.39, 0.29) is 5.91 Å². The number of Topliss-reactive ketones (excluding diaryl/α,β-unsaturated/α-hetero) is 1. The summed E-state index contributed by atoms with van der Waals surface area (Å²) >= 11 is 0. The van der Waals surface area contributed by atoms with Crippen LogP contribution < -0.4 is 20.1 Å². The number of hydrogen-bond donors (Lipinski definition) is 2. The van der Waals surface area contributed by atoms with E-state index in [1.807, 2.05) is 6.07 Å². The molecule has 0 spiro atoms. The van der Waals surface area contributed by atoms with Crippen LogP contribution >= 0.6 is 0 Å². The molecule has 1 atom stereocenters. The van der Waals surface area contributed by atoms with Crippen molar-refractivity contribution in [3.63, 3.8) is 0 Å². The summed E-state index contributed by atoms with van der Waals surface area (Å²) in [6.07, 6.45) is 0. The van der Waals surface area contributed by atoms with Crippen LogP contribution in [-0.2, 0) is 10.3 Å². The molecule has 0 saturated carbocycles. The number of benzene rings is 3. The molecule has 36 heavy (non-hydrogen) atoms. The van der Waals surface area contributed by atoms with Gasteiger partial charge in [-0.25, -0.2) is 4.79 Å². The number of rotatable bonds is 8. The van der Waals surface area contributed by atoms with Gasteiger partial charge in [-0.2, -0.15) is 0 Å². The number of ketones is 1. The topological polar surface area (TPSA) is 114 Å². The monoisotopic (exact) mass is 487 g/mol. The van der Waals surface area contributed by atoms with Crippen LogP contribution in [-0.4, -0.2) is 49.3 Å². The normalized spacial score (nSPS) is 16.9. The van der Waals surface area contributed by atoms with Crippen LogP contribution in [0.2, 0.25) is 0 Å². The third-order valence-electron chi connectivity index (χ3n) is 6.04. The fourth-order valence-corrected chi connectivity index (χ4v) is 3.95. The molecular weight excluding hydrogens is 462 g/mol. The number of amides is 4. The van der Waals surface area contributed by atoms with Gasteiger partial charge in [-0.15, -0.1) is 0 Å². The molecule has 1 fully saturated rings. The molecule has 184 valence electrons. The quantitative estimate of drug-likeness (QED) is 0.371. The number of carbonyl (C=O) groups is 4. The minimum atomic E-state index is -1.37. The largest absolute Gasteiger partial charge is 0.493 e. The van der Waals surface area contributed by atoms with E-state index >= 15 is 0 Å².